The number of esters is 1. The third-order valence-electron chi connectivity index (χ3n) is 2.34. The van der Waals surface area contributed by atoms with Gasteiger partial charge < -0.3 is 9.64 Å². The first-order chi connectivity index (χ1) is 7.60. The van der Waals surface area contributed by atoms with Gasteiger partial charge in [-0.1, -0.05) is 5.11 Å². The summed E-state index contributed by atoms with van der Waals surface area (Å²) in [6.07, 6.45) is 0.256. The number of rotatable bonds is 3. The van der Waals surface area contributed by atoms with Crippen molar-refractivity contribution in [2.24, 2.45) is 5.11 Å². The molecule has 1 saturated heterocycles. The highest BCUT2D eigenvalue weighted by Crippen LogP contribution is 2.21. The molecule has 0 bridgehead atoms. The number of hydrogen-bond donors (Lipinski definition) is 0. The second-order valence-corrected chi connectivity index (χ2v) is 3.35. The summed E-state index contributed by atoms with van der Waals surface area (Å²) >= 11 is 0. The SMILES string of the molecule is [B]C(=O)N1C[C@@H](N=[N+]=[N-])C[C@H]1C(=O)OCC. The van der Waals surface area contributed by atoms with Crippen LogP contribution in [-0.2, 0) is 9.53 Å². The van der Waals surface area contributed by atoms with Crippen LogP contribution in [0.4, 0.5) is 4.79 Å². The van der Waals surface area contributed by atoms with Crippen molar-refractivity contribution in [3.05, 3.63) is 10.4 Å². The molecule has 16 heavy (non-hydrogen) atoms. The summed E-state index contributed by atoms with van der Waals surface area (Å²) in [6.45, 7) is 2.06. The molecule has 0 aromatic rings. The molecule has 0 N–H and O–H groups in total. The first-order valence-corrected chi connectivity index (χ1v) is 4.87. The van der Waals surface area contributed by atoms with Crippen LogP contribution in [0.1, 0.15) is 13.3 Å². The fourth-order valence-corrected chi connectivity index (χ4v) is 1.68. The van der Waals surface area contributed by atoms with E-state index in [9.17, 15) is 9.59 Å². The van der Waals surface area contributed by atoms with Gasteiger partial charge in [0.05, 0.1) is 12.6 Å². The molecule has 0 spiro atoms. The summed E-state index contributed by atoms with van der Waals surface area (Å²) in [7, 11) is 5.12. The molecule has 0 aliphatic carbocycles. The van der Waals surface area contributed by atoms with E-state index in [2.05, 4.69) is 10.0 Å². The van der Waals surface area contributed by atoms with Crippen LogP contribution in [-0.4, -0.2) is 49.8 Å². The minimum Gasteiger partial charge on any atom is -0.464 e. The van der Waals surface area contributed by atoms with Crippen molar-refractivity contribution >= 4 is 19.6 Å². The molecule has 1 aliphatic rings. The van der Waals surface area contributed by atoms with Crippen molar-refractivity contribution in [3.8, 4) is 0 Å². The summed E-state index contributed by atoms with van der Waals surface area (Å²) in [5.74, 6) is -1.23. The van der Waals surface area contributed by atoms with E-state index in [0.29, 0.717) is 0 Å². The fourth-order valence-electron chi connectivity index (χ4n) is 1.68. The molecule has 1 heterocycles. The monoisotopic (exact) mass is 222 g/mol. The van der Waals surface area contributed by atoms with E-state index in [1.165, 1.54) is 0 Å². The van der Waals surface area contributed by atoms with Gasteiger partial charge in [0.25, 0.3) is 0 Å². The highest BCUT2D eigenvalue weighted by molar-refractivity contribution is 6.57. The van der Waals surface area contributed by atoms with Gasteiger partial charge in [-0.05, 0) is 18.9 Å². The topological polar surface area (TPSA) is 95.4 Å². The van der Waals surface area contributed by atoms with Crippen molar-refractivity contribution in [1.82, 2.24) is 4.90 Å². The largest absolute Gasteiger partial charge is 0.464 e. The lowest BCUT2D eigenvalue weighted by Crippen LogP contribution is -2.40. The van der Waals surface area contributed by atoms with Crippen molar-refractivity contribution in [3.63, 3.8) is 0 Å². The second-order valence-electron chi connectivity index (χ2n) is 3.35. The van der Waals surface area contributed by atoms with Gasteiger partial charge in [-0.3, -0.25) is 4.79 Å². The molecule has 0 aromatic heterocycles. The Kier molecular flexibility index (Phi) is 4.19. The standard InChI is InChI=1S/C8H11BN4O3/c1-2-16-7(14)6-3-5(11-12-10)4-13(6)8(9)15/h5-6H,2-4H2,1H3/t5-,6-/m0/s1. The van der Waals surface area contributed by atoms with Gasteiger partial charge in [-0.15, -0.1) is 0 Å². The summed E-state index contributed by atoms with van der Waals surface area (Å²) in [6, 6.07) is -1.17. The minimum atomic E-state index is -0.743. The smallest absolute Gasteiger partial charge is 0.328 e. The minimum absolute atomic E-state index is 0.156. The van der Waals surface area contributed by atoms with Crippen LogP contribution in [0.3, 0.4) is 0 Å². The van der Waals surface area contributed by atoms with E-state index >= 15 is 0 Å². The third-order valence-corrected chi connectivity index (χ3v) is 2.34. The van der Waals surface area contributed by atoms with Crippen molar-refractivity contribution < 1.29 is 14.3 Å². The number of carbonyl (C=O) groups is 2. The first-order valence-electron chi connectivity index (χ1n) is 4.87. The van der Waals surface area contributed by atoms with E-state index in [1.54, 1.807) is 6.92 Å². The molecule has 0 saturated carbocycles. The molecule has 84 valence electrons. The number of hydrogen-bond acceptors (Lipinski definition) is 4. The Hall–Kier alpha value is -1.69. The molecule has 1 aliphatic heterocycles. The van der Waals surface area contributed by atoms with Crippen LogP contribution < -0.4 is 0 Å². The highest BCUT2D eigenvalue weighted by Gasteiger charge is 2.38. The molecule has 2 radical (unpaired) electrons. The Morgan fingerprint density at radius 2 is 2.38 bits per heavy atom. The van der Waals surface area contributed by atoms with Crippen LogP contribution in [0.25, 0.3) is 10.4 Å². The van der Waals surface area contributed by atoms with Crippen LogP contribution in [0.2, 0.25) is 0 Å². The number of likely N-dealkylation sites (tertiary alicyclic amines) is 1. The van der Waals surface area contributed by atoms with E-state index in [4.69, 9.17) is 18.1 Å². The van der Waals surface area contributed by atoms with Crippen molar-refractivity contribution in [1.29, 1.82) is 0 Å². The van der Waals surface area contributed by atoms with E-state index < -0.39 is 23.9 Å². The first kappa shape index (κ1) is 12.4. The predicted octanol–water partition coefficient (Wildman–Crippen LogP) is 0.591. The molecule has 1 rings (SSSR count). The molecular weight excluding hydrogens is 211 g/mol. The number of carbonyl (C=O) groups excluding carboxylic acids is 2. The van der Waals surface area contributed by atoms with Gasteiger partial charge in [0.2, 0.25) is 7.85 Å². The summed E-state index contributed by atoms with van der Waals surface area (Å²) in [4.78, 5) is 26.4. The van der Waals surface area contributed by atoms with Crippen molar-refractivity contribution in [2.45, 2.75) is 25.4 Å². The second kappa shape index (κ2) is 5.41. The lowest BCUT2D eigenvalue weighted by molar-refractivity contribution is -0.147. The third kappa shape index (κ3) is 2.67. The lowest BCUT2D eigenvalue weighted by atomic mass is 10.1. The van der Waals surface area contributed by atoms with Gasteiger partial charge in [0.1, 0.15) is 6.04 Å². The molecule has 1 fully saturated rings. The Morgan fingerprint density at radius 1 is 1.69 bits per heavy atom. The van der Waals surface area contributed by atoms with Gasteiger partial charge in [-0.2, -0.15) is 0 Å². The van der Waals surface area contributed by atoms with Gasteiger partial charge >= 0.3 is 5.97 Å². The average Bonchev–Trinajstić information content (AvgIpc) is 2.63. The summed E-state index contributed by atoms with van der Waals surface area (Å²) < 4.78 is 4.81. The van der Waals surface area contributed by atoms with Crippen LogP contribution >= 0.6 is 0 Å². The van der Waals surface area contributed by atoms with Gasteiger partial charge in [-0.25, -0.2) is 4.79 Å². The molecule has 7 nitrogen and oxygen atoms in total. The zero-order chi connectivity index (χ0) is 12.1. The Labute approximate surface area is 93.8 Å². The molecule has 1 amide bonds. The Bertz CT molecular complexity index is 342. The maximum Gasteiger partial charge on any atom is 0.328 e. The summed E-state index contributed by atoms with van der Waals surface area (Å²) in [5, 5.41) is 3.47. The lowest BCUT2D eigenvalue weighted by Gasteiger charge is -2.21. The zero-order valence-corrected chi connectivity index (χ0v) is 8.87. The van der Waals surface area contributed by atoms with Crippen LogP contribution in [0.15, 0.2) is 5.11 Å². The van der Waals surface area contributed by atoms with Crippen molar-refractivity contribution in [2.75, 3.05) is 13.2 Å². The Balaban J connectivity index is 2.76. The molecule has 8 heteroatoms. The summed E-state index contributed by atoms with van der Waals surface area (Å²) in [5.41, 5.74) is 8.29. The fraction of sp³-hybridized carbons (Fsp3) is 0.750. The average molecular weight is 222 g/mol. The quantitative estimate of drug-likeness (QED) is 0.230. The van der Waals surface area contributed by atoms with E-state index in [0.717, 1.165) is 4.90 Å². The maximum absolute atomic E-state index is 11.5. The highest BCUT2D eigenvalue weighted by atomic mass is 16.5. The molecule has 0 unspecified atom stereocenters. The predicted molar refractivity (Wildman–Crippen MR) is 55.8 cm³/mol. The van der Waals surface area contributed by atoms with Gasteiger partial charge in [0, 0.05) is 11.5 Å². The van der Waals surface area contributed by atoms with E-state index in [-0.39, 0.29) is 19.6 Å². The number of nitrogens with zero attached hydrogens (tertiary/aromatic N) is 4. The number of amides is 1. The molecule has 0 aromatic carbocycles. The maximum atomic E-state index is 11.5. The normalized spacial score (nSPS) is 23.7. The van der Waals surface area contributed by atoms with Crippen LogP contribution in [0.5, 0.6) is 0 Å². The van der Waals surface area contributed by atoms with Crippen LogP contribution in [0, 0.1) is 0 Å². The number of ether oxygens (including phenoxy) is 1. The van der Waals surface area contributed by atoms with E-state index in [1.807, 2.05) is 0 Å². The molecular formula is C8H11BN4O3. The Morgan fingerprint density at radius 3 is 2.88 bits per heavy atom. The molecule has 2 atom stereocenters. The van der Waals surface area contributed by atoms with Gasteiger partial charge in [0.15, 0.2) is 5.81 Å². The zero-order valence-electron chi connectivity index (χ0n) is 8.87. The number of azide groups is 1.